The summed E-state index contributed by atoms with van der Waals surface area (Å²) in [4.78, 5) is 36.4. The molecule has 1 aliphatic rings. The van der Waals surface area contributed by atoms with E-state index in [-0.39, 0.29) is 5.91 Å². The Morgan fingerprint density at radius 2 is 2.15 bits per heavy atom. The van der Waals surface area contributed by atoms with Crippen molar-refractivity contribution < 1.29 is 19.5 Å². The van der Waals surface area contributed by atoms with Crippen molar-refractivity contribution in [3.63, 3.8) is 0 Å². The lowest BCUT2D eigenvalue weighted by molar-refractivity contribution is -0.142. The number of carboxylic acids is 1. The van der Waals surface area contributed by atoms with Crippen LogP contribution in [0.1, 0.15) is 42.6 Å². The van der Waals surface area contributed by atoms with Crippen molar-refractivity contribution in [2.75, 3.05) is 6.54 Å². The zero-order chi connectivity index (χ0) is 19.3. The SMILES string of the molecule is Cn1cc(Cl)cc1C(=O)N[C@@H](CCCN)C(=O)NC1CCC[C@H]1C(=O)O. The minimum atomic E-state index is -0.909. The molecular weight excluding hydrogens is 360 g/mol. The number of rotatable bonds is 8. The number of carbonyl (C=O) groups is 3. The average molecular weight is 385 g/mol. The number of hydrogen-bond acceptors (Lipinski definition) is 4. The van der Waals surface area contributed by atoms with Crippen LogP contribution in [0, 0.1) is 5.92 Å². The highest BCUT2D eigenvalue weighted by molar-refractivity contribution is 6.31. The minimum Gasteiger partial charge on any atom is -0.481 e. The molecule has 0 saturated heterocycles. The molecule has 8 nitrogen and oxygen atoms in total. The molecule has 5 N–H and O–H groups in total. The number of aliphatic carboxylic acids is 1. The lowest BCUT2D eigenvalue weighted by Crippen LogP contribution is -2.51. The quantitative estimate of drug-likeness (QED) is 0.529. The summed E-state index contributed by atoms with van der Waals surface area (Å²) in [6.07, 6.45) is 4.44. The van der Waals surface area contributed by atoms with Crippen LogP contribution in [0.25, 0.3) is 0 Å². The van der Waals surface area contributed by atoms with Crippen LogP contribution in [-0.4, -0.2) is 46.1 Å². The first-order valence-electron chi connectivity index (χ1n) is 8.69. The highest BCUT2D eigenvalue weighted by Crippen LogP contribution is 2.26. The van der Waals surface area contributed by atoms with Gasteiger partial charge in [0.05, 0.1) is 10.9 Å². The van der Waals surface area contributed by atoms with Crippen LogP contribution in [0.15, 0.2) is 12.3 Å². The predicted molar refractivity (Wildman–Crippen MR) is 96.9 cm³/mol. The van der Waals surface area contributed by atoms with Crippen LogP contribution in [0.2, 0.25) is 5.02 Å². The molecule has 144 valence electrons. The standard InChI is InChI=1S/C17H25ClN4O4/c1-22-9-10(18)8-14(22)16(24)21-13(6-3-7-19)15(23)20-12-5-2-4-11(12)17(25)26/h8-9,11-13H,2-7,19H2,1H3,(H,20,23)(H,21,24)(H,25,26)/t11-,12?,13+/m1/s1. The molecule has 26 heavy (non-hydrogen) atoms. The second-order valence-corrected chi connectivity index (χ2v) is 7.04. The van der Waals surface area contributed by atoms with Gasteiger partial charge in [-0.05, 0) is 38.3 Å². The summed E-state index contributed by atoms with van der Waals surface area (Å²) in [5, 5.41) is 15.2. The van der Waals surface area contributed by atoms with Crippen molar-refractivity contribution in [2.45, 2.75) is 44.2 Å². The second-order valence-electron chi connectivity index (χ2n) is 6.60. The lowest BCUT2D eigenvalue weighted by atomic mass is 10.0. The van der Waals surface area contributed by atoms with Gasteiger partial charge < -0.3 is 26.0 Å². The molecule has 0 aromatic carbocycles. The topological polar surface area (TPSA) is 126 Å². The van der Waals surface area contributed by atoms with Crippen LogP contribution in [0.4, 0.5) is 0 Å². The molecule has 2 amide bonds. The third-order valence-electron chi connectivity index (χ3n) is 4.68. The molecule has 1 aromatic rings. The Kier molecular flexibility index (Phi) is 7.05. The molecule has 1 fully saturated rings. The summed E-state index contributed by atoms with van der Waals surface area (Å²) in [5.74, 6) is -2.30. The number of nitrogens with two attached hydrogens (primary N) is 1. The van der Waals surface area contributed by atoms with Crippen LogP contribution in [-0.2, 0) is 16.6 Å². The van der Waals surface area contributed by atoms with Crippen molar-refractivity contribution in [3.05, 3.63) is 23.0 Å². The number of aryl methyl sites for hydroxylation is 1. The largest absolute Gasteiger partial charge is 0.481 e. The van der Waals surface area contributed by atoms with E-state index in [9.17, 15) is 19.5 Å². The maximum absolute atomic E-state index is 12.6. The van der Waals surface area contributed by atoms with Gasteiger partial charge in [0.2, 0.25) is 5.91 Å². The third kappa shape index (κ3) is 4.98. The Bertz CT molecular complexity index is 676. The number of halogens is 1. The summed E-state index contributed by atoms with van der Waals surface area (Å²) in [7, 11) is 1.69. The Balaban J connectivity index is 2.05. The Labute approximate surface area is 157 Å². The maximum atomic E-state index is 12.6. The highest BCUT2D eigenvalue weighted by atomic mass is 35.5. The van der Waals surface area contributed by atoms with Crippen molar-refractivity contribution in [1.82, 2.24) is 15.2 Å². The smallest absolute Gasteiger partial charge is 0.308 e. The van der Waals surface area contributed by atoms with E-state index < -0.39 is 29.9 Å². The van der Waals surface area contributed by atoms with Crippen LogP contribution in [0.5, 0.6) is 0 Å². The number of hydrogen-bond donors (Lipinski definition) is 4. The van der Waals surface area contributed by atoms with E-state index in [1.165, 1.54) is 6.07 Å². The number of carbonyl (C=O) groups excluding carboxylic acids is 2. The first kappa shape index (κ1) is 20.3. The fourth-order valence-corrected chi connectivity index (χ4v) is 3.53. The molecular formula is C17H25ClN4O4. The Hall–Kier alpha value is -2.06. The number of carboxylic acid groups (broad SMARTS) is 1. The fourth-order valence-electron chi connectivity index (χ4n) is 3.28. The second kappa shape index (κ2) is 9.05. The van der Waals surface area contributed by atoms with Gasteiger partial charge >= 0.3 is 5.97 Å². The molecule has 0 radical (unpaired) electrons. The van der Waals surface area contributed by atoms with Crippen molar-refractivity contribution in [1.29, 1.82) is 0 Å². The molecule has 1 unspecified atom stereocenters. The van der Waals surface area contributed by atoms with Gasteiger partial charge in [-0.25, -0.2) is 0 Å². The summed E-state index contributed by atoms with van der Waals surface area (Å²) >= 11 is 5.90. The molecule has 3 atom stereocenters. The predicted octanol–water partition coefficient (Wildman–Crippen LogP) is 0.885. The van der Waals surface area contributed by atoms with Gasteiger partial charge in [0, 0.05) is 19.3 Å². The normalized spacial score (nSPS) is 20.6. The van der Waals surface area contributed by atoms with E-state index in [0.29, 0.717) is 42.9 Å². The summed E-state index contributed by atoms with van der Waals surface area (Å²) in [6.45, 7) is 0.386. The lowest BCUT2D eigenvalue weighted by Gasteiger charge is -2.23. The van der Waals surface area contributed by atoms with E-state index in [4.69, 9.17) is 17.3 Å². The van der Waals surface area contributed by atoms with Gasteiger partial charge in [0.15, 0.2) is 0 Å². The third-order valence-corrected chi connectivity index (χ3v) is 4.89. The molecule has 0 spiro atoms. The highest BCUT2D eigenvalue weighted by Gasteiger charge is 2.35. The number of aromatic nitrogens is 1. The summed E-state index contributed by atoms with van der Waals surface area (Å²) in [6, 6.07) is 0.322. The van der Waals surface area contributed by atoms with Crippen molar-refractivity contribution in [2.24, 2.45) is 18.7 Å². The summed E-state index contributed by atoms with van der Waals surface area (Å²) in [5.41, 5.74) is 5.87. The molecule has 0 aliphatic heterocycles. The monoisotopic (exact) mass is 384 g/mol. The van der Waals surface area contributed by atoms with Gasteiger partial charge in [0.25, 0.3) is 5.91 Å². The van der Waals surface area contributed by atoms with E-state index in [2.05, 4.69) is 10.6 Å². The van der Waals surface area contributed by atoms with E-state index in [0.717, 1.165) is 6.42 Å². The number of nitrogens with one attached hydrogen (secondary N) is 2. The molecule has 1 aliphatic carbocycles. The van der Waals surface area contributed by atoms with Crippen LogP contribution >= 0.6 is 11.6 Å². The first-order chi connectivity index (χ1) is 12.3. The van der Waals surface area contributed by atoms with Gasteiger partial charge in [-0.2, -0.15) is 0 Å². The van der Waals surface area contributed by atoms with E-state index in [1.54, 1.807) is 17.8 Å². The number of amides is 2. The van der Waals surface area contributed by atoms with Gasteiger partial charge in [-0.15, -0.1) is 0 Å². The molecule has 1 heterocycles. The van der Waals surface area contributed by atoms with Gasteiger partial charge in [0.1, 0.15) is 11.7 Å². The zero-order valence-electron chi connectivity index (χ0n) is 14.7. The van der Waals surface area contributed by atoms with Gasteiger partial charge in [-0.1, -0.05) is 18.0 Å². The Morgan fingerprint density at radius 1 is 1.42 bits per heavy atom. The van der Waals surface area contributed by atoms with Crippen LogP contribution < -0.4 is 16.4 Å². The maximum Gasteiger partial charge on any atom is 0.308 e. The van der Waals surface area contributed by atoms with Crippen LogP contribution in [0.3, 0.4) is 0 Å². The molecule has 1 aromatic heterocycles. The molecule has 2 rings (SSSR count). The minimum absolute atomic E-state index is 0.338. The van der Waals surface area contributed by atoms with E-state index >= 15 is 0 Å². The zero-order valence-corrected chi connectivity index (χ0v) is 15.5. The molecule has 9 heteroatoms. The fraction of sp³-hybridized carbons (Fsp3) is 0.588. The molecule has 1 saturated carbocycles. The van der Waals surface area contributed by atoms with E-state index in [1.807, 2.05) is 0 Å². The molecule has 0 bridgehead atoms. The first-order valence-corrected chi connectivity index (χ1v) is 9.07. The van der Waals surface area contributed by atoms with Gasteiger partial charge in [-0.3, -0.25) is 14.4 Å². The van der Waals surface area contributed by atoms with Crippen molar-refractivity contribution in [3.8, 4) is 0 Å². The number of nitrogens with zero attached hydrogens (tertiary/aromatic N) is 1. The summed E-state index contributed by atoms with van der Waals surface area (Å²) < 4.78 is 1.58. The Morgan fingerprint density at radius 3 is 2.73 bits per heavy atom. The van der Waals surface area contributed by atoms with Crippen molar-refractivity contribution >= 4 is 29.4 Å². The average Bonchev–Trinajstić information content (AvgIpc) is 3.17.